The topological polar surface area (TPSA) is 124 Å². The van der Waals surface area contributed by atoms with Crippen molar-refractivity contribution in [2.75, 3.05) is 18.4 Å². The van der Waals surface area contributed by atoms with Gasteiger partial charge < -0.3 is 24.8 Å². The highest BCUT2D eigenvalue weighted by Gasteiger charge is 2.27. The molecule has 1 saturated heterocycles. The molecule has 0 unspecified atom stereocenters. The Bertz CT molecular complexity index is 1790. The zero-order chi connectivity index (χ0) is 34.4. The number of para-hydroxylation sites is 1. The number of carbonyl (C=O) groups is 1. The number of carboxylic acids is 1. The Morgan fingerprint density at radius 1 is 1.15 bits per heavy atom. The number of hydrogen-bond donors (Lipinski definition) is 3. The Labute approximate surface area is 275 Å². The van der Waals surface area contributed by atoms with Gasteiger partial charge in [-0.3, -0.25) is 9.79 Å². The molecule has 47 heavy (non-hydrogen) atoms. The molecule has 3 heterocycles. The normalized spacial score (nSPS) is 15.4. The van der Waals surface area contributed by atoms with Crippen molar-refractivity contribution in [3.63, 3.8) is 0 Å². The Morgan fingerprint density at radius 3 is 2.49 bits per heavy atom. The summed E-state index contributed by atoms with van der Waals surface area (Å²) in [5.41, 5.74) is 5.00. The molecule has 0 amide bonds. The van der Waals surface area contributed by atoms with Crippen LogP contribution in [0.15, 0.2) is 76.7 Å². The second-order valence-corrected chi connectivity index (χ2v) is 13.7. The molecule has 0 aliphatic carbocycles. The lowest BCUT2D eigenvalue weighted by Gasteiger charge is -2.39. The fourth-order valence-electron chi connectivity index (χ4n) is 5.08. The standard InChI is InChI=1S/C33H36FN5O3.C4H10O/c1-21(9-12-29(40)41)35-19-26(22(2)39-15-13-33(3,4)14-16-39)23-10-11-24(27(34)17-23)18-36-32-31-30(37-20-38-32)25-7-5-6-8-28(25)42-31;1-4(2,3)5/h5-8,10-11,17,19-20H,2,9,12-16,18H2,1,3-4H3,(H,40,41)(H,36,37,38);5H,1-3H3/b26-19+,35-21?;. The van der Waals surface area contributed by atoms with Crippen molar-refractivity contribution in [2.45, 2.75) is 79.4 Å². The maximum atomic E-state index is 15.5. The molecule has 0 bridgehead atoms. The summed E-state index contributed by atoms with van der Waals surface area (Å²) in [7, 11) is 0. The highest BCUT2D eigenvalue weighted by atomic mass is 19.1. The minimum atomic E-state index is -0.872. The molecule has 5 rings (SSSR count). The average molecular weight is 644 g/mol. The predicted molar refractivity (Wildman–Crippen MR) is 187 cm³/mol. The summed E-state index contributed by atoms with van der Waals surface area (Å²) in [5, 5.41) is 21.6. The van der Waals surface area contributed by atoms with Crippen LogP contribution in [0.1, 0.15) is 78.4 Å². The summed E-state index contributed by atoms with van der Waals surface area (Å²) in [6, 6.07) is 12.8. The first kappa shape index (κ1) is 35.3. The van der Waals surface area contributed by atoms with Gasteiger partial charge >= 0.3 is 5.97 Å². The number of aliphatic hydroxyl groups is 1. The molecule has 9 nitrogen and oxygen atoms in total. The molecule has 0 saturated carbocycles. The Hall–Kier alpha value is -4.57. The Morgan fingerprint density at radius 2 is 1.83 bits per heavy atom. The second-order valence-electron chi connectivity index (χ2n) is 13.7. The van der Waals surface area contributed by atoms with Crippen LogP contribution in [0.4, 0.5) is 10.2 Å². The van der Waals surface area contributed by atoms with E-state index in [0.717, 1.165) is 37.0 Å². The van der Waals surface area contributed by atoms with Crippen LogP contribution in [0.25, 0.3) is 27.6 Å². The molecule has 2 aromatic heterocycles. The van der Waals surface area contributed by atoms with E-state index in [1.807, 2.05) is 30.3 Å². The van der Waals surface area contributed by atoms with E-state index >= 15 is 4.39 Å². The summed E-state index contributed by atoms with van der Waals surface area (Å²) >= 11 is 0. The van der Waals surface area contributed by atoms with Gasteiger partial charge in [0.15, 0.2) is 11.4 Å². The van der Waals surface area contributed by atoms with Gasteiger partial charge in [0.05, 0.1) is 12.0 Å². The number of piperidine rings is 1. The van der Waals surface area contributed by atoms with E-state index in [-0.39, 0.29) is 24.2 Å². The van der Waals surface area contributed by atoms with Gasteiger partial charge in [-0.05, 0) is 76.1 Å². The first-order valence-electron chi connectivity index (χ1n) is 15.9. The molecule has 3 N–H and O–H groups in total. The van der Waals surface area contributed by atoms with Crippen molar-refractivity contribution >= 4 is 45.1 Å². The number of hydrogen-bond acceptors (Lipinski definition) is 8. The lowest BCUT2D eigenvalue weighted by molar-refractivity contribution is -0.136. The summed E-state index contributed by atoms with van der Waals surface area (Å²) in [5.74, 6) is -0.754. The first-order valence-corrected chi connectivity index (χ1v) is 15.9. The average Bonchev–Trinajstić information content (AvgIpc) is 3.38. The van der Waals surface area contributed by atoms with E-state index in [2.05, 4.69) is 45.6 Å². The van der Waals surface area contributed by atoms with Crippen molar-refractivity contribution in [2.24, 2.45) is 10.4 Å². The number of allylic oxidation sites excluding steroid dienone is 1. The van der Waals surface area contributed by atoms with Gasteiger partial charge in [0.1, 0.15) is 23.2 Å². The van der Waals surface area contributed by atoms with Crippen LogP contribution in [-0.4, -0.2) is 55.5 Å². The number of likely N-dealkylation sites (tertiary alicyclic amines) is 1. The number of aromatic nitrogens is 2. The van der Waals surface area contributed by atoms with E-state index in [0.29, 0.717) is 51.3 Å². The van der Waals surface area contributed by atoms with Crippen LogP contribution >= 0.6 is 0 Å². The molecule has 0 spiro atoms. The quantitative estimate of drug-likeness (QED) is 0.117. The van der Waals surface area contributed by atoms with E-state index in [4.69, 9.17) is 14.6 Å². The van der Waals surface area contributed by atoms with Crippen molar-refractivity contribution in [1.29, 1.82) is 0 Å². The number of fused-ring (bicyclic) bond motifs is 3. The van der Waals surface area contributed by atoms with Gasteiger partial charge in [-0.1, -0.05) is 44.7 Å². The first-order chi connectivity index (χ1) is 22.1. The number of carboxylic acid groups (broad SMARTS) is 1. The van der Waals surface area contributed by atoms with Crippen LogP contribution in [0.5, 0.6) is 0 Å². The number of nitrogens with zero attached hydrogens (tertiary/aromatic N) is 4. The van der Waals surface area contributed by atoms with Crippen LogP contribution in [0.3, 0.4) is 0 Å². The minimum absolute atomic E-state index is 0.00363. The van der Waals surface area contributed by atoms with Crippen molar-refractivity contribution < 1.29 is 23.8 Å². The van der Waals surface area contributed by atoms with E-state index in [1.165, 1.54) is 12.4 Å². The fraction of sp³-hybridized carbons (Fsp3) is 0.405. The van der Waals surface area contributed by atoms with Crippen LogP contribution in [0, 0.1) is 11.2 Å². The van der Waals surface area contributed by atoms with Crippen molar-refractivity contribution in [3.8, 4) is 0 Å². The molecule has 1 aliphatic heterocycles. The maximum absolute atomic E-state index is 15.5. The molecule has 1 fully saturated rings. The van der Waals surface area contributed by atoms with Gasteiger partial charge in [0.25, 0.3) is 0 Å². The highest BCUT2D eigenvalue weighted by Crippen LogP contribution is 2.35. The number of halogens is 1. The van der Waals surface area contributed by atoms with Gasteiger partial charge in [0, 0.05) is 53.8 Å². The van der Waals surface area contributed by atoms with Crippen molar-refractivity contribution in [1.82, 2.24) is 14.9 Å². The predicted octanol–water partition coefficient (Wildman–Crippen LogP) is 8.21. The number of aliphatic imine (C=N–C) groups is 1. The third-order valence-electron chi connectivity index (χ3n) is 7.89. The number of rotatable bonds is 10. The smallest absolute Gasteiger partial charge is 0.303 e. The molecule has 0 radical (unpaired) electrons. The Balaban J connectivity index is 0.000000930. The van der Waals surface area contributed by atoms with Gasteiger partial charge in [-0.15, -0.1) is 0 Å². The van der Waals surface area contributed by atoms with E-state index in [9.17, 15) is 4.79 Å². The maximum Gasteiger partial charge on any atom is 0.303 e. The zero-order valence-electron chi connectivity index (χ0n) is 28.2. The molecule has 250 valence electrons. The molecule has 10 heteroatoms. The number of aliphatic carboxylic acids is 1. The third kappa shape index (κ3) is 9.96. The lowest BCUT2D eigenvalue weighted by atomic mass is 9.82. The zero-order valence-corrected chi connectivity index (χ0v) is 28.2. The molecular weight excluding hydrogens is 597 g/mol. The minimum Gasteiger partial charge on any atom is -0.481 e. The summed E-state index contributed by atoms with van der Waals surface area (Å²) < 4.78 is 21.5. The summed E-state index contributed by atoms with van der Waals surface area (Å²) in [6.07, 6.45) is 5.55. The lowest BCUT2D eigenvalue weighted by Crippen LogP contribution is -2.36. The van der Waals surface area contributed by atoms with E-state index < -0.39 is 11.6 Å². The third-order valence-corrected chi connectivity index (χ3v) is 7.89. The summed E-state index contributed by atoms with van der Waals surface area (Å²) in [6.45, 7) is 17.8. The van der Waals surface area contributed by atoms with Crippen molar-refractivity contribution in [3.05, 3.63) is 84.2 Å². The number of furan rings is 1. The molecular formula is C37H46FN5O4. The van der Waals surface area contributed by atoms with Gasteiger partial charge in [0.2, 0.25) is 0 Å². The number of benzene rings is 2. The molecule has 0 atom stereocenters. The molecule has 1 aliphatic rings. The SMILES string of the molecule is C=C(/C(=C\N=C(C)CCC(=O)O)c1ccc(CNc2ncnc3c2oc2ccccc23)c(F)c1)N1CCC(C)(C)CC1.CC(C)(C)O. The Kier molecular flexibility index (Phi) is 11.2. The fourth-order valence-corrected chi connectivity index (χ4v) is 5.08. The van der Waals surface area contributed by atoms with Gasteiger partial charge in [-0.2, -0.15) is 0 Å². The number of anilines is 1. The summed E-state index contributed by atoms with van der Waals surface area (Å²) in [4.78, 5) is 26.5. The van der Waals surface area contributed by atoms with E-state index in [1.54, 1.807) is 40.0 Å². The monoisotopic (exact) mass is 643 g/mol. The van der Waals surface area contributed by atoms with Crippen LogP contribution in [0.2, 0.25) is 0 Å². The molecule has 2 aromatic carbocycles. The largest absolute Gasteiger partial charge is 0.481 e. The highest BCUT2D eigenvalue weighted by molar-refractivity contribution is 6.05. The van der Waals surface area contributed by atoms with Crippen LogP contribution in [-0.2, 0) is 11.3 Å². The second kappa shape index (κ2) is 14.9. The van der Waals surface area contributed by atoms with Gasteiger partial charge in [-0.25, -0.2) is 14.4 Å². The number of nitrogens with one attached hydrogen (secondary N) is 1. The van der Waals surface area contributed by atoms with Crippen LogP contribution < -0.4 is 5.32 Å². The molecule has 4 aromatic rings.